The lowest BCUT2D eigenvalue weighted by Gasteiger charge is -2.20. The monoisotopic (exact) mass is 366 g/mol. The van der Waals surface area contributed by atoms with Gasteiger partial charge < -0.3 is 9.84 Å². The molecule has 0 radical (unpaired) electrons. The second-order valence-corrected chi connectivity index (χ2v) is 7.60. The molecule has 2 aromatic rings. The summed E-state index contributed by atoms with van der Waals surface area (Å²) in [5, 5.41) is 10.3. The molecule has 0 saturated heterocycles. The quantitative estimate of drug-likeness (QED) is 0.696. The van der Waals surface area contributed by atoms with Crippen molar-refractivity contribution in [3.05, 3.63) is 65.2 Å². The molecule has 3 atom stereocenters. The molecular formula is C24H30O3. The minimum absolute atomic E-state index is 0.0213. The highest BCUT2D eigenvalue weighted by Crippen LogP contribution is 2.40. The van der Waals surface area contributed by atoms with E-state index in [1.165, 1.54) is 5.56 Å². The first kappa shape index (κ1) is 19.6. The maximum absolute atomic E-state index is 12.5. The van der Waals surface area contributed by atoms with Gasteiger partial charge in [-0.05, 0) is 54.0 Å². The molecule has 1 aliphatic carbocycles. The van der Waals surface area contributed by atoms with Gasteiger partial charge in [0.1, 0.15) is 11.5 Å². The molecule has 1 N–H and O–H groups in total. The van der Waals surface area contributed by atoms with Crippen LogP contribution in [0.25, 0.3) is 0 Å². The van der Waals surface area contributed by atoms with Gasteiger partial charge in [0, 0.05) is 12.3 Å². The van der Waals surface area contributed by atoms with Crippen molar-refractivity contribution in [2.24, 2.45) is 5.92 Å². The zero-order chi connectivity index (χ0) is 19.2. The normalized spacial score (nSPS) is 20.6. The van der Waals surface area contributed by atoms with E-state index < -0.39 is 6.10 Å². The Labute approximate surface area is 162 Å². The van der Waals surface area contributed by atoms with Gasteiger partial charge >= 0.3 is 0 Å². The predicted molar refractivity (Wildman–Crippen MR) is 108 cm³/mol. The molecule has 1 fully saturated rings. The van der Waals surface area contributed by atoms with Crippen molar-refractivity contribution < 1.29 is 14.6 Å². The second-order valence-electron chi connectivity index (χ2n) is 7.60. The fraction of sp³-hybridized carbons (Fsp3) is 0.458. The fourth-order valence-electron chi connectivity index (χ4n) is 4.15. The van der Waals surface area contributed by atoms with Gasteiger partial charge in [-0.2, -0.15) is 0 Å². The molecule has 144 valence electrons. The Kier molecular flexibility index (Phi) is 6.68. The van der Waals surface area contributed by atoms with E-state index in [1.807, 2.05) is 30.3 Å². The number of ether oxygens (including phenoxy) is 1. The second kappa shape index (κ2) is 9.18. The first-order chi connectivity index (χ1) is 13.1. The standard InChI is InChI=1S/C24H30O3/c1-3-4-8-23(25)19-11-9-18(10-12-19)21-13-14-24(26)22(21)16-17-6-5-7-20(15-17)27-2/h5-7,9-12,15,21-23,25H,3-4,8,13-14,16H2,1-2H3. The van der Waals surface area contributed by atoms with Gasteiger partial charge in [0.05, 0.1) is 13.2 Å². The van der Waals surface area contributed by atoms with Crippen molar-refractivity contribution in [3.8, 4) is 5.75 Å². The minimum Gasteiger partial charge on any atom is -0.497 e. The van der Waals surface area contributed by atoms with Gasteiger partial charge in [-0.3, -0.25) is 4.79 Å². The molecule has 0 aromatic heterocycles. The van der Waals surface area contributed by atoms with Crippen LogP contribution in [-0.2, 0) is 11.2 Å². The molecule has 3 unspecified atom stereocenters. The number of aliphatic hydroxyl groups excluding tert-OH is 1. The van der Waals surface area contributed by atoms with Crippen LogP contribution in [0.4, 0.5) is 0 Å². The molecule has 3 rings (SSSR count). The van der Waals surface area contributed by atoms with E-state index in [9.17, 15) is 9.90 Å². The van der Waals surface area contributed by atoms with E-state index in [0.717, 1.165) is 49.0 Å². The summed E-state index contributed by atoms with van der Waals surface area (Å²) in [5.74, 6) is 1.47. The number of methoxy groups -OCH3 is 1. The van der Waals surface area contributed by atoms with E-state index in [1.54, 1.807) is 7.11 Å². The zero-order valence-corrected chi connectivity index (χ0v) is 16.4. The molecule has 2 aromatic carbocycles. The number of carbonyl (C=O) groups excluding carboxylic acids is 1. The van der Waals surface area contributed by atoms with Crippen molar-refractivity contribution in [2.75, 3.05) is 7.11 Å². The van der Waals surface area contributed by atoms with E-state index in [4.69, 9.17) is 4.74 Å². The molecule has 0 spiro atoms. The Morgan fingerprint density at radius 2 is 1.96 bits per heavy atom. The first-order valence-corrected chi connectivity index (χ1v) is 10.1. The average Bonchev–Trinajstić information content (AvgIpc) is 3.06. The number of unbranched alkanes of at least 4 members (excludes halogenated alkanes) is 1. The topological polar surface area (TPSA) is 46.5 Å². The molecular weight excluding hydrogens is 336 g/mol. The average molecular weight is 367 g/mol. The number of rotatable bonds is 8. The van der Waals surface area contributed by atoms with Crippen LogP contribution >= 0.6 is 0 Å². The summed E-state index contributed by atoms with van der Waals surface area (Å²) in [4.78, 5) is 12.5. The summed E-state index contributed by atoms with van der Waals surface area (Å²) in [7, 11) is 1.67. The van der Waals surface area contributed by atoms with Crippen LogP contribution in [0.15, 0.2) is 48.5 Å². The number of hydrogen-bond acceptors (Lipinski definition) is 3. The highest BCUT2D eigenvalue weighted by atomic mass is 16.5. The maximum atomic E-state index is 12.5. The molecule has 27 heavy (non-hydrogen) atoms. The summed E-state index contributed by atoms with van der Waals surface area (Å²) in [6.45, 7) is 2.13. The van der Waals surface area contributed by atoms with Gasteiger partial charge in [-0.15, -0.1) is 0 Å². The number of hydrogen-bond donors (Lipinski definition) is 1. The van der Waals surface area contributed by atoms with Gasteiger partial charge in [0.2, 0.25) is 0 Å². The third-order valence-corrected chi connectivity index (χ3v) is 5.77. The Bertz CT molecular complexity index is 750. The molecule has 3 heteroatoms. The van der Waals surface area contributed by atoms with Crippen LogP contribution in [0.1, 0.15) is 67.7 Å². The van der Waals surface area contributed by atoms with Gasteiger partial charge in [-0.1, -0.05) is 56.2 Å². The SMILES string of the molecule is CCCCC(O)c1ccc(C2CCC(=O)C2Cc2cccc(OC)c2)cc1. The Balaban J connectivity index is 1.73. The number of carbonyl (C=O) groups is 1. The van der Waals surface area contributed by atoms with Gasteiger partial charge in [0.15, 0.2) is 0 Å². The molecule has 3 nitrogen and oxygen atoms in total. The summed E-state index contributed by atoms with van der Waals surface area (Å²) < 4.78 is 5.31. The van der Waals surface area contributed by atoms with Crippen molar-refractivity contribution in [3.63, 3.8) is 0 Å². The largest absolute Gasteiger partial charge is 0.497 e. The van der Waals surface area contributed by atoms with E-state index in [0.29, 0.717) is 12.2 Å². The number of benzene rings is 2. The van der Waals surface area contributed by atoms with Crippen LogP contribution in [0.3, 0.4) is 0 Å². The lowest BCUT2D eigenvalue weighted by atomic mass is 9.84. The number of ketones is 1. The van der Waals surface area contributed by atoms with Crippen molar-refractivity contribution in [2.45, 2.75) is 57.5 Å². The molecule has 0 aliphatic heterocycles. The lowest BCUT2D eigenvalue weighted by Crippen LogP contribution is -2.16. The van der Waals surface area contributed by atoms with E-state index in [-0.39, 0.29) is 11.8 Å². The van der Waals surface area contributed by atoms with Crippen molar-refractivity contribution in [1.82, 2.24) is 0 Å². The lowest BCUT2D eigenvalue weighted by molar-refractivity contribution is -0.120. The first-order valence-electron chi connectivity index (χ1n) is 10.1. The Hall–Kier alpha value is -2.13. The molecule has 0 heterocycles. The van der Waals surface area contributed by atoms with Crippen LogP contribution in [0, 0.1) is 5.92 Å². The minimum atomic E-state index is -0.392. The Morgan fingerprint density at radius 1 is 1.19 bits per heavy atom. The van der Waals surface area contributed by atoms with Crippen molar-refractivity contribution in [1.29, 1.82) is 0 Å². The third kappa shape index (κ3) is 4.78. The summed E-state index contributed by atoms with van der Waals surface area (Å²) >= 11 is 0. The molecule has 1 saturated carbocycles. The van der Waals surface area contributed by atoms with Crippen LogP contribution in [0.5, 0.6) is 5.75 Å². The fourth-order valence-corrected chi connectivity index (χ4v) is 4.15. The van der Waals surface area contributed by atoms with E-state index >= 15 is 0 Å². The summed E-state index contributed by atoms with van der Waals surface area (Å²) in [6, 6.07) is 16.3. The smallest absolute Gasteiger partial charge is 0.136 e. The van der Waals surface area contributed by atoms with Crippen molar-refractivity contribution >= 4 is 5.78 Å². The number of aliphatic hydroxyl groups is 1. The van der Waals surface area contributed by atoms with Crippen LogP contribution in [0.2, 0.25) is 0 Å². The van der Waals surface area contributed by atoms with E-state index in [2.05, 4.69) is 25.1 Å². The van der Waals surface area contributed by atoms with Crippen LogP contribution < -0.4 is 4.74 Å². The third-order valence-electron chi connectivity index (χ3n) is 5.77. The van der Waals surface area contributed by atoms with Gasteiger partial charge in [-0.25, -0.2) is 0 Å². The molecule has 0 bridgehead atoms. The highest BCUT2D eigenvalue weighted by molar-refractivity contribution is 5.84. The number of Topliss-reactive ketones (excluding diaryl/α,β-unsaturated/α-hetero) is 1. The molecule has 0 amide bonds. The summed E-state index contributed by atoms with van der Waals surface area (Å²) in [5.41, 5.74) is 3.33. The van der Waals surface area contributed by atoms with Gasteiger partial charge in [0.25, 0.3) is 0 Å². The maximum Gasteiger partial charge on any atom is 0.136 e. The van der Waals surface area contributed by atoms with Crippen LogP contribution in [-0.4, -0.2) is 18.0 Å². The Morgan fingerprint density at radius 3 is 2.67 bits per heavy atom. The summed E-state index contributed by atoms with van der Waals surface area (Å²) in [6.07, 6.45) is 4.84. The molecule has 1 aliphatic rings. The highest BCUT2D eigenvalue weighted by Gasteiger charge is 2.35. The zero-order valence-electron chi connectivity index (χ0n) is 16.4. The predicted octanol–water partition coefficient (Wildman–Crippen LogP) is 5.22.